The van der Waals surface area contributed by atoms with Crippen LogP contribution in [0, 0.1) is 41.4 Å². The number of ether oxygens (including phenoxy) is 1. The molecule has 0 spiro atoms. The minimum Gasteiger partial charge on any atom is -0.456 e. The number of carbonyl (C=O) groups is 4. The fraction of sp³-hybridized carbons (Fsp3) is 0.520. The molecule has 0 unspecified atom stereocenters. The van der Waals surface area contributed by atoms with Gasteiger partial charge in [-0.25, -0.2) is 4.79 Å². The average molecular weight is 490 g/mol. The van der Waals surface area contributed by atoms with Gasteiger partial charge < -0.3 is 4.74 Å². The van der Waals surface area contributed by atoms with Crippen LogP contribution >= 0.6 is 23.2 Å². The second-order valence-corrected chi connectivity index (χ2v) is 10.8. The molecule has 4 aliphatic carbocycles. The number of halogens is 2. The first-order valence-electron chi connectivity index (χ1n) is 11.4. The van der Waals surface area contributed by atoms with Crippen LogP contribution in [0.5, 0.6) is 0 Å². The number of rotatable bonds is 7. The highest BCUT2D eigenvalue weighted by Crippen LogP contribution is 2.65. The van der Waals surface area contributed by atoms with E-state index in [0.29, 0.717) is 16.9 Å². The molecule has 174 valence electrons. The summed E-state index contributed by atoms with van der Waals surface area (Å²) in [6, 6.07) is 3.40. The molecule has 1 heterocycles. The molecule has 5 aliphatic rings. The Kier molecular flexibility index (Phi) is 5.65. The van der Waals surface area contributed by atoms with Crippen LogP contribution in [0.1, 0.15) is 37.0 Å². The van der Waals surface area contributed by atoms with Crippen molar-refractivity contribution >= 4 is 46.8 Å². The van der Waals surface area contributed by atoms with Gasteiger partial charge in [-0.15, -0.1) is 0 Å². The summed E-state index contributed by atoms with van der Waals surface area (Å²) in [4.78, 5) is 53.7. The van der Waals surface area contributed by atoms with Crippen LogP contribution in [-0.4, -0.2) is 41.1 Å². The summed E-state index contributed by atoms with van der Waals surface area (Å²) in [6.45, 7) is 3.30. The molecule has 33 heavy (non-hydrogen) atoms. The van der Waals surface area contributed by atoms with E-state index in [-0.39, 0.29) is 58.4 Å². The van der Waals surface area contributed by atoms with Crippen molar-refractivity contribution in [1.29, 1.82) is 0 Å². The van der Waals surface area contributed by atoms with E-state index < -0.39 is 24.4 Å². The Morgan fingerprint density at radius 3 is 2.21 bits per heavy atom. The monoisotopic (exact) mass is 489 g/mol. The molecule has 6 rings (SSSR count). The van der Waals surface area contributed by atoms with Gasteiger partial charge in [0.15, 0.2) is 6.61 Å². The molecule has 2 amide bonds. The second kappa shape index (κ2) is 8.24. The lowest BCUT2D eigenvalue weighted by atomic mass is 9.63. The van der Waals surface area contributed by atoms with Crippen LogP contribution in [0.25, 0.3) is 0 Å². The third-order valence-electron chi connectivity index (χ3n) is 7.55. The average Bonchev–Trinajstić information content (AvgIpc) is 3.54. The Morgan fingerprint density at radius 2 is 1.67 bits per heavy atom. The highest BCUT2D eigenvalue weighted by Gasteiger charge is 2.68. The summed E-state index contributed by atoms with van der Waals surface area (Å²) in [6.07, 6.45) is 5.54. The highest BCUT2D eigenvalue weighted by molar-refractivity contribution is 6.36. The SMILES string of the molecule is CC(C)C[C@H](C(=O)OCC(=O)c1ccc(Cl)cc1Cl)N1C(=O)[C@@H]2[C@H]3C=C[C@@H]([C@@H]4C[C@H]34)[C@@H]2C1=O. The molecule has 0 radical (unpaired) electrons. The number of ketones is 1. The predicted molar refractivity (Wildman–Crippen MR) is 122 cm³/mol. The van der Waals surface area contributed by atoms with E-state index >= 15 is 0 Å². The first-order chi connectivity index (χ1) is 15.7. The Labute approximate surface area is 202 Å². The summed E-state index contributed by atoms with van der Waals surface area (Å²) in [5, 5.41) is 0.553. The van der Waals surface area contributed by atoms with Crippen molar-refractivity contribution in [2.75, 3.05) is 6.61 Å². The summed E-state index contributed by atoms with van der Waals surface area (Å²) in [5.41, 5.74) is 0.190. The van der Waals surface area contributed by atoms with E-state index in [1.165, 1.54) is 18.2 Å². The molecule has 7 atom stereocenters. The molecule has 1 saturated heterocycles. The van der Waals surface area contributed by atoms with Gasteiger partial charge in [-0.3, -0.25) is 19.3 Å². The van der Waals surface area contributed by atoms with Crippen molar-refractivity contribution in [1.82, 2.24) is 4.90 Å². The number of hydrogen-bond donors (Lipinski definition) is 0. The van der Waals surface area contributed by atoms with Crippen molar-refractivity contribution in [2.24, 2.45) is 41.4 Å². The number of imide groups is 1. The molecule has 6 nitrogen and oxygen atoms in total. The van der Waals surface area contributed by atoms with Gasteiger partial charge in [-0.05, 0) is 60.6 Å². The first-order valence-corrected chi connectivity index (χ1v) is 12.1. The van der Waals surface area contributed by atoms with E-state index in [9.17, 15) is 19.2 Å². The fourth-order valence-corrected chi connectivity index (χ4v) is 6.58. The smallest absolute Gasteiger partial charge is 0.329 e. The van der Waals surface area contributed by atoms with Gasteiger partial charge in [0, 0.05) is 10.6 Å². The Balaban J connectivity index is 1.33. The van der Waals surface area contributed by atoms with Gasteiger partial charge in [-0.2, -0.15) is 0 Å². The number of carbonyl (C=O) groups excluding carboxylic acids is 4. The summed E-state index contributed by atoms with van der Waals surface area (Å²) in [7, 11) is 0. The number of amides is 2. The quantitative estimate of drug-likeness (QED) is 0.248. The van der Waals surface area contributed by atoms with Crippen LogP contribution in [0.15, 0.2) is 30.4 Å². The minimum absolute atomic E-state index is 0.0374. The van der Waals surface area contributed by atoms with Crippen LogP contribution in [0.2, 0.25) is 10.0 Å². The van der Waals surface area contributed by atoms with Gasteiger partial charge in [0.25, 0.3) is 0 Å². The third-order valence-corrected chi connectivity index (χ3v) is 8.10. The fourth-order valence-electron chi connectivity index (χ4n) is 6.07. The lowest BCUT2D eigenvalue weighted by molar-refractivity contribution is -0.159. The number of hydrogen-bond acceptors (Lipinski definition) is 5. The van der Waals surface area contributed by atoms with E-state index in [1.807, 2.05) is 13.8 Å². The Morgan fingerprint density at radius 1 is 1.06 bits per heavy atom. The number of allylic oxidation sites excluding steroid dienone is 2. The summed E-state index contributed by atoms with van der Waals surface area (Å²) < 4.78 is 5.33. The van der Waals surface area contributed by atoms with Crippen molar-refractivity contribution < 1.29 is 23.9 Å². The maximum atomic E-state index is 13.4. The van der Waals surface area contributed by atoms with Crippen LogP contribution in [0.4, 0.5) is 0 Å². The third kappa shape index (κ3) is 3.71. The molecule has 8 heteroatoms. The zero-order valence-corrected chi connectivity index (χ0v) is 19.9. The van der Waals surface area contributed by atoms with Crippen LogP contribution < -0.4 is 0 Å². The van der Waals surface area contributed by atoms with Gasteiger partial charge in [0.05, 0.1) is 16.9 Å². The maximum absolute atomic E-state index is 13.4. The lowest BCUT2D eigenvalue weighted by Gasteiger charge is -2.37. The molecule has 1 aliphatic heterocycles. The number of benzene rings is 1. The van der Waals surface area contributed by atoms with Gasteiger partial charge in [0.1, 0.15) is 6.04 Å². The van der Waals surface area contributed by atoms with E-state index in [4.69, 9.17) is 27.9 Å². The summed E-state index contributed by atoms with van der Waals surface area (Å²) in [5.74, 6) is -1.38. The topological polar surface area (TPSA) is 80.8 Å². The number of esters is 1. The number of likely N-dealkylation sites (tertiary alicyclic amines) is 1. The van der Waals surface area contributed by atoms with Crippen molar-refractivity contribution in [3.05, 3.63) is 46.0 Å². The zero-order chi connectivity index (χ0) is 23.6. The Bertz CT molecular complexity index is 1050. The van der Waals surface area contributed by atoms with Crippen LogP contribution in [0.3, 0.4) is 0 Å². The van der Waals surface area contributed by atoms with Gasteiger partial charge >= 0.3 is 5.97 Å². The lowest BCUT2D eigenvalue weighted by Crippen LogP contribution is -2.47. The number of nitrogens with zero attached hydrogens (tertiary/aromatic N) is 1. The molecule has 0 aromatic heterocycles. The zero-order valence-electron chi connectivity index (χ0n) is 18.4. The largest absolute Gasteiger partial charge is 0.456 e. The molecular formula is C25H25Cl2NO5. The highest BCUT2D eigenvalue weighted by atomic mass is 35.5. The minimum atomic E-state index is -1.04. The molecule has 2 saturated carbocycles. The normalized spacial score (nSPS) is 32.1. The molecule has 0 N–H and O–H groups in total. The Hall–Kier alpha value is -2.18. The van der Waals surface area contributed by atoms with Crippen molar-refractivity contribution in [2.45, 2.75) is 32.7 Å². The number of Topliss-reactive ketones (excluding diaryl/α,β-unsaturated/α-hetero) is 1. The van der Waals surface area contributed by atoms with Crippen molar-refractivity contribution in [3.8, 4) is 0 Å². The standard InChI is InChI=1S/C25H25Cl2NO5/c1-11(2)7-19(25(32)33-10-20(29)15-4-3-12(26)8-18(15)27)28-23(30)21-13-5-6-14(17-9-16(13)17)22(21)24(28)31/h3-6,8,11,13-14,16-17,19,21-22H,7,9-10H2,1-2H3/t13-,14-,16-,17+,19+,21-,22+/m0/s1. The second-order valence-electron chi connectivity index (χ2n) is 10.0. The van der Waals surface area contributed by atoms with Crippen LogP contribution in [-0.2, 0) is 19.1 Å². The first kappa shape index (κ1) is 22.6. The van der Waals surface area contributed by atoms with E-state index in [2.05, 4.69) is 12.2 Å². The molecular weight excluding hydrogens is 465 g/mol. The molecule has 2 bridgehead atoms. The molecule has 1 aromatic rings. The van der Waals surface area contributed by atoms with Gasteiger partial charge in [0.2, 0.25) is 17.6 Å². The van der Waals surface area contributed by atoms with E-state index in [1.54, 1.807) is 0 Å². The summed E-state index contributed by atoms with van der Waals surface area (Å²) >= 11 is 12.0. The maximum Gasteiger partial charge on any atom is 0.329 e. The van der Waals surface area contributed by atoms with Crippen molar-refractivity contribution in [3.63, 3.8) is 0 Å². The molecule has 3 fully saturated rings. The van der Waals surface area contributed by atoms with Gasteiger partial charge in [-0.1, -0.05) is 49.2 Å². The molecule has 1 aromatic carbocycles. The van der Waals surface area contributed by atoms with E-state index in [0.717, 1.165) is 11.3 Å². The predicted octanol–water partition coefficient (Wildman–Crippen LogP) is 4.19.